The minimum atomic E-state index is -1.86. The first kappa shape index (κ1) is 36.4. The molecule has 2 aromatic heterocycles. The Hall–Kier alpha value is -3.75. The van der Waals surface area contributed by atoms with E-state index in [9.17, 15) is 28.4 Å². The first-order valence-electron chi connectivity index (χ1n) is 13.4. The van der Waals surface area contributed by atoms with E-state index < -0.39 is 43.6 Å². The average molecular weight is 618 g/mol. The molecular weight excluding hydrogens is 580 g/mol. The van der Waals surface area contributed by atoms with E-state index in [0.29, 0.717) is 21.8 Å². The number of carbonyl (C=O) groups is 2. The van der Waals surface area contributed by atoms with Crippen molar-refractivity contribution in [3.05, 3.63) is 66.4 Å². The first-order chi connectivity index (χ1) is 20.4. The molecule has 0 fully saturated rings. The summed E-state index contributed by atoms with van der Waals surface area (Å²) in [6, 6.07) is 11.1. The van der Waals surface area contributed by atoms with Crippen molar-refractivity contribution in [1.82, 2.24) is 9.13 Å². The summed E-state index contributed by atoms with van der Waals surface area (Å²) < 4.78 is 52.9. The molecule has 0 bridgehead atoms. The standard InChI is InChI=1S/C13H15BFNO4.C13H14FNO2.C3H9BO3/c1-13(2,3)20-12(17)16-10-5-4-9(15)6-8(10)7-11(16)14(18)19;1-13(2,3)17-12(16)15-7-6-9-8-10(14)4-5-11(9)15;1-5-4(6-2)7-3/h4-7,18-19H,1-3H3;4-8H,1-3H3;1-3H3. The van der Waals surface area contributed by atoms with Gasteiger partial charge in [-0.15, -0.1) is 0 Å². The summed E-state index contributed by atoms with van der Waals surface area (Å²) in [7, 11) is 2.16. The third-order valence-electron chi connectivity index (χ3n) is 5.45. The van der Waals surface area contributed by atoms with Gasteiger partial charge in [-0.1, -0.05) is 0 Å². The molecule has 4 rings (SSSR count). The lowest BCUT2D eigenvalue weighted by Gasteiger charge is -2.20. The van der Waals surface area contributed by atoms with Crippen LogP contribution in [0.5, 0.6) is 0 Å². The highest BCUT2D eigenvalue weighted by Gasteiger charge is 2.27. The van der Waals surface area contributed by atoms with Crippen LogP contribution in [0, 0.1) is 11.6 Å². The van der Waals surface area contributed by atoms with Gasteiger partial charge < -0.3 is 33.5 Å². The Morgan fingerprint density at radius 2 is 1.18 bits per heavy atom. The van der Waals surface area contributed by atoms with Crippen molar-refractivity contribution in [2.75, 3.05) is 21.3 Å². The van der Waals surface area contributed by atoms with Gasteiger partial charge in [-0.25, -0.2) is 18.4 Å². The van der Waals surface area contributed by atoms with Crippen molar-refractivity contribution < 1.29 is 51.9 Å². The minimum absolute atomic E-state index is 0.0696. The molecule has 0 saturated carbocycles. The van der Waals surface area contributed by atoms with Crippen LogP contribution in [0.1, 0.15) is 41.5 Å². The highest BCUT2D eigenvalue weighted by Crippen LogP contribution is 2.20. The molecule has 0 amide bonds. The Morgan fingerprint density at radius 3 is 1.64 bits per heavy atom. The van der Waals surface area contributed by atoms with Crippen LogP contribution in [0.25, 0.3) is 21.8 Å². The predicted octanol–water partition coefficient (Wildman–Crippen LogP) is 4.72. The second kappa shape index (κ2) is 15.3. The molecule has 0 aliphatic carbocycles. The zero-order valence-electron chi connectivity index (χ0n) is 26.3. The summed E-state index contributed by atoms with van der Waals surface area (Å²) in [5, 5.41) is 19.8. The molecule has 11 nitrogen and oxygen atoms in total. The fourth-order valence-electron chi connectivity index (χ4n) is 3.78. The second-order valence-corrected chi connectivity index (χ2v) is 11.3. The SMILES string of the molecule is CC(C)(C)OC(=O)n1c(B(O)O)cc2cc(F)ccc21.CC(C)(C)OC(=O)n1ccc2cc(F)ccc21.COB(OC)OC. The summed E-state index contributed by atoms with van der Waals surface area (Å²) in [4.78, 5) is 24.0. The quantitative estimate of drug-likeness (QED) is 0.312. The van der Waals surface area contributed by atoms with Gasteiger partial charge in [-0.3, -0.25) is 9.13 Å². The van der Waals surface area contributed by atoms with Crippen molar-refractivity contribution in [3.63, 3.8) is 0 Å². The largest absolute Gasteiger partial charge is 0.638 e. The fraction of sp³-hybridized carbons (Fsp3) is 0.379. The van der Waals surface area contributed by atoms with Crippen LogP contribution in [0.4, 0.5) is 18.4 Å². The maximum Gasteiger partial charge on any atom is 0.638 e. The van der Waals surface area contributed by atoms with E-state index in [4.69, 9.17) is 9.47 Å². The summed E-state index contributed by atoms with van der Waals surface area (Å²) in [5.41, 5.74) is -0.358. The van der Waals surface area contributed by atoms with Gasteiger partial charge >= 0.3 is 26.6 Å². The number of fused-ring (bicyclic) bond motifs is 2. The zero-order chi connectivity index (χ0) is 33.4. The molecule has 0 aliphatic heterocycles. The number of nitrogens with zero attached hydrogens (tertiary/aromatic N) is 2. The van der Waals surface area contributed by atoms with Gasteiger partial charge in [0.1, 0.15) is 22.8 Å². The number of halogens is 2. The van der Waals surface area contributed by atoms with Crippen LogP contribution in [-0.4, -0.2) is 78.3 Å². The van der Waals surface area contributed by atoms with Crippen molar-refractivity contribution in [2.24, 2.45) is 0 Å². The van der Waals surface area contributed by atoms with E-state index in [-0.39, 0.29) is 11.4 Å². The Kier molecular flexibility index (Phi) is 12.7. The Balaban J connectivity index is 0.000000256. The van der Waals surface area contributed by atoms with Crippen LogP contribution in [0.3, 0.4) is 0 Å². The lowest BCUT2D eigenvalue weighted by molar-refractivity contribution is 0.0534. The maximum atomic E-state index is 13.2. The van der Waals surface area contributed by atoms with Crippen molar-refractivity contribution in [2.45, 2.75) is 52.7 Å². The monoisotopic (exact) mass is 618 g/mol. The highest BCUT2D eigenvalue weighted by atomic mass is 19.1. The lowest BCUT2D eigenvalue weighted by Crippen LogP contribution is -2.40. The van der Waals surface area contributed by atoms with Crippen molar-refractivity contribution >= 4 is 54.0 Å². The Bertz CT molecular complexity index is 1550. The smallest absolute Gasteiger partial charge is 0.443 e. The molecule has 4 aromatic rings. The number of benzene rings is 2. The molecule has 2 heterocycles. The highest BCUT2D eigenvalue weighted by molar-refractivity contribution is 6.59. The van der Waals surface area contributed by atoms with Gasteiger partial charge in [0.25, 0.3) is 0 Å². The molecule has 238 valence electrons. The van der Waals surface area contributed by atoms with Crippen LogP contribution in [0.2, 0.25) is 0 Å². The molecular formula is C29H38B2F2N2O9. The van der Waals surface area contributed by atoms with E-state index >= 15 is 0 Å². The molecule has 0 radical (unpaired) electrons. The number of hydrogen-bond donors (Lipinski definition) is 2. The molecule has 2 N–H and O–H groups in total. The topological polar surface area (TPSA) is 131 Å². The molecule has 0 unspecified atom stereocenters. The van der Waals surface area contributed by atoms with Gasteiger partial charge in [-0.05, 0) is 90.1 Å². The van der Waals surface area contributed by atoms with Gasteiger partial charge in [0.2, 0.25) is 0 Å². The van der Waals surface area contributed by atoms with Crippen LogP contribution in [0.15, 0.2) is 54.7 Å². The average Bonchev–Trinajstić information content (AvgIpc) is 3.50. The van der Waals surface area contributed by atoms with E-state index in [1.54, 1.807) is 59.9 Å². The van der Waals surface area contributed by atoms with Crippen molar-refractivity contribution in [3.8, 4) is 0 Å². The van der Waals surface area contributed by atoms with Gasteiger partial charge in [-0.2, -0.15) is 0 Å². The van der Waals surface area contributed by atoms with Gasteiger partial charge in [0, 0.05) is 38.3 Å². The summed E-state index contributed by atoms with van der Waals surface area (Å²) in [6.45, 7) is 10.5. The Morgan fingerprint density at radius 1 is 0.705 bits per heavy atom. The van der Waals surface area contributed by atoms with E-state index in [0.717, 1.165) is 4.57 Å². The lowest BCUT2D eigenvalue weighted by atomic mass is 9.86. The molecule has 0 atom stereocenters. The molecule has 0 saturated heterocycles. The second-order valence-electron chi connectivity index (χ2n) is 11.3. The summed E-state index contributed by atoms with van der Waals surface area (Å²) >= 11 is 0. The van der Waals surface area contributed by atoms with Crippen LogP contribution < -0.4 is 5.59 Å². The third kappa shape index (κ3) is 10.5. The first-order valence-corrected chi connectivity index (χ1v) is 13.4. The number of carbonyl (C=O) groups excluding carboxylic acids is 2. The molecule has 44 heavy (non-hydrogen) atoms. The van der Waals surface area contributed by atoms with Crippen LogP contribution in [-0.2, 0) is 23.4 Å². The normalized spacial score (nSPS) is 11.3. The number of rotatable bonds is 4. The zero-order valence-corrected chi connectivity index (χ0v) is 26.3. The predicted molar refractivity (Wildman–Crippen MR) is 164 cm³/mol. The van der Waals surface area contributed by atoms with Crippen molar-refractivity contribution in [1.29, 1.82) is 0 Å². The summed E-state index contributed by atoms with van der Waals surface area (Å²) in [6.07, 6.45) is 0.374. The fourth-order valence-corrected chi connectivity index (χ4v) is 3.78. The molecule has 15 heteroatoms. The number of ether oxygens (including phenoxy) is 2. The van der Waals surface area contributed by atoms with Crippen LogP contribution >= 0.6 is 0 Å². The van der Waals surface area contributed by atoms with E-state index in [1.165, 1.54) is 62.3 Å². The number of hydrogen-bond acceptors (Lipinski definition) is 9. The maximum absolute atomic E-state index is 13.2. The third-order valence-corrected chi connectivity index (χ3v) is 5.45. The number of aromatic nitrogens is 2. The Labute approximate surface area is 255 Å². The van der Waals surface area contributed by atoms with E-state index in [1.807, 2.05) is 0 Å². The van der Waals surface area contributed by atoms with E-state index in [2.05, 4.69) is 14.0 Å². The minimum Gasteiger partial charge on any atom is -0.443 e. The molecule has 0 aliphatic rings. The van der Waals surface area contributed by atoms with Gasteiger partial charge in [0.05, 0.1) is 16.6 Å². The molecule has 2 aromatic carbocycles. The summed E-state index contributed by atoms with van der Waals surface area (Å²) in [5.74, 6) is -0.794. The molecule has 0 spiro atoms. The van der Waals surface area contributed by atoms with Gasteiger partial charge in [0.15, 0.2) is 0 Å².